The number of rotatable bonds is 4. The van der Waals surface area contributed by atoms with Gasteiger partial charge in [0.05, 0.1) is 19.8 Å². The summed E-state index contributed by atoms with van der Waals surface area (Å²) in [7, 11) is 0. The number of carbonyl (C=O) groups is 1. The lowest BCUT2D eigenvalue weighted by Gasteiger charge is -2.33. The lowest BCUT2D eigenvalue weighted by molar-refractivity contribution is -0.159. The first-order valence-corrected chi connectivity index (χ1v) is 6.53. The van der Waals surface area contributed by atoms with Crippen molar-refractivity contribution < 1.29 is 14.3 Å². The summed E-state index contributed by atoms with van der Waals surface area (Å²) >= 11 is 0. The van der Waals surface area contributed by atoms with Crippen LogP contribution in [0.5, 0.6) is 0 Å². The molecule has 17 heavy (non-hydrogen) atoms. The number of hydrogen-bond donors (Lipinski definition) is 1. The lowest BCUT2D eigenvalue weighted by Crippen LogP contribution is -2.50. The van der Waals surface area contributed by atoms with E-state index in [0.717, 1.165) is 32.5 Å². The Bertz CT molecular complexity index is 248. The summed E-state index contributed by atoms with van der Waals surface area (Å²) in [6.07, 6.45) is 1.63. The maximum Gasteiger partial charge on any atom is 0.254 e. The molecule has 0 bridgehead atoms. The molecule has 2 saturated heterocycles. The maximum atomic E-state index is 12.4. The predicted molar refractivity (Wildman–Crippen MR) is 63.8 cm³/mol. The highest BCUT2D eigenvalue weighted by Crippen LogP contribution is 2.14. The number of hydrogen-bond acceptors (Lipinski definition) is 4. The molecule has 0 aromatic carbocycles. The van der Waals surface area contributed by atoms with Crippen LogP contribution in [0.25, 0.3) is 0 Å². The second kappa shape index (κ2) is 6.33. The third-order valence-corrected chi connectivity index (χ3v) is 3.31. The minimum absolute atomic E-state index is 0.0975. The van der Waals surface area contributed by atoms with Gasteiger partial charge in [0.1, 0.15) is 0 Å². The van der Waals surface area contributed by atoms with Gasteiger partial charge in [-0.25, -0.2) is 0 Å². The normalized spacial score (nSPS) is 29.2. The molecular formula is C12H22N2O3. The second-order valence-electron chi connectivity index (χ2n) is 4.61. The third kappa shape index (κ3) is 3.18. The van der Waals surface area contributed by atoms with Crippen molar-refractivity contribution in [3.05, 3.63) is 0 Å². The fraction of sp³-hybridized carbons (Fsp3) is 0.917. The summed E-state index contributed by atoms with van der Waals surface area (Å²) < 4.78 is 10.8. The van der Waals surface area contributed by atoms with Gasteiger partial charge in [-0.3, -0.25) is 4.79 Å². The van der Waals surface area contributed by atoms with Gasteiger partial charge in [0, 0.05) is 19.1 Å². The van der Waals surface area contributed by atoms with E-state index in [9.17, 15) is 4.79 Å². The first kappa shape index (κ1) is 12.8. The Morgan fingerprint density at radius 2 is 2.35 bits per heavy atom. The SMILES string of the molecule is CCCN(C(=O)C1COCCO1)C1CCNC1. The van der Waals surface area contributed by atoms with Crippen LogP contribution >= 0.6 is 0 Å². The van der Waals surface area contributed by atoms with Crippen LogP contribution in [-0.2, 0) is 14.3 Å². The van der Waals surface area contributed by atoms with E-state index in [-0.39, 0.29) is 5.91 Å². The molecular weight excluding hydrogens is 220 g/mol. The first-order valence-electron chi connectivity index (χ1n) is 6.53. The van der Waals surface area contributed by atoms with Crippen LogP contribution < -0.4 is 5.32 Å². The monoisotopic (exact) mass is 242 g/mol. The molecule has 2 heterocycles. The molecule has 0 saturated carbocycles. The number of ether oxygens (including phenoxy) is 2. The summed E-state index contributed by atoms with van der Waals surface area (Å²) in [4.78, 5) is 14.3. The second-order valence-corrected chi connectivity index (χ2v) is 4.61. The van der Waals surface area contributed by atoms with Gasteiger partial charge in [0.15, 0.2) is 6.10 Å². The molecule has 0 aromatic heterocycles. The van der Waals surface area contributed by atoms with E-state index in [1.807, 2.05) is 4.90 Å². The van der Waals surface area contributed by atoms with Crippen molar-refractivity contribution in [2.24, 2.45) is 0 Å². The van der Waals surface area contributed by atoms with Gasteiger partial charge < -0.3 is 19.7 Å². The Morgan fingerprint density at radius 3 is 2.94 bits per heavy atom. The molecule has 2 fully saturated rings. The maximum absolute atomic E-state index is 12.4. The van der Waals surface area contributed by atoms with Crippen molar-refractivity contribution in [3.63, 3.8) is 0 Å². The summed E-state index contributed by atoms with van der Waals surface area (Å²) in [5.41, 5.74) is 0. The Morgan fingerprint density at radius 1 is 1.47 bits per heavy atom. The molecule has 0 spiro atoms. The predicted octanol–water partition coefficient (Wildman–Crippen LogP) is 0.00230. The van der Waals surface area contributed by atoms with Crippen molar-refractivity contribution in [3.8, 4) is 0 Å². The highest BCUT2D eigenvalue weighted by atomic mass is 16.6. The fourth-order valence-electron chi connectivity index (χ4n) is 2.43. The Balaban J connectivity index is 1.95. The van der Waals surface area contributed by atoms with E-state index < -0.39 is 6.10 Å². The standard InChI is InChI=1S/C12H22N2O3/c1-2-5-14(10-3-4-13-8-10)12(15)11-9-16-6-7-17-11/h10-11,13H,2-9H2,1H3. The summed E-state index contributed by atoms with van der Waals surface area (Å²) in [6, 6.07) is 0.327. The van der Waals surface area contributed by atoms with Crippen LogP contribution in [0.3, 0.4) is 0 Å². The summed E-state index contributed by atoms with van der Waals surface area (Å²) in [5.74, 6) is 0.0975. The zero-order chi connectivity index (χ0) is 12.1. The van der Waals surface area contributed by atoms with Gasteiger partial charge in [0.2, 0.25) is 0 Å². The Labute approximate surface area is 102 Å². The Kier molecular flexibility index (Phi) is 4.76. The number of nitrogens with zero attached hydrogens (tertiary/aromatic N) is 1. The molecule has 2 aliphatic rings. The number of nitrogens with one attached hydrogen (secondary N) is 1. The summed E-state index contributed by atoms with van der Waals surface area (Å²) in [6.45, 7) is 6.34. The molecule has 2 unspecified atom stereocenters. The fourth-order valence-corrected chi connectivity index (χ4v) is 2.43. The largest absolute Gasteiger partial charge is 0.376 e. The van der Waals surface area contributed by atoms with E-state index >= 15 is 0 Å². The topological polar surface area (TPSA) is 50.8 Å². The van der Waals surface area contributed by atoms with Gasteiger partial charge in [-0.05, 0) is 19.4 Å². The zero-order valence-corrected chi connectivity index (χ0v) is 10.5. The van der Waals surface area contributed by atoms with Crippen LogP contribution in [-0.4, -0.2) is 62.4 Å². The van der Waals surface area contributed by atoms with Crippen LogP contribution in [0.1, 0.15) is 19.8 Å². The first-order chi connectivity index (χ1) is 8.33. The van der Waals surface area contributed by atoms with Crippen molar-refractivity contribution in [2.45, 2.75) is 31.9 Å². The molecule has 2 aliphatic heterocycles. The van der Waals surface area contributed by atoms with Gasteiger partial charge in [-0.1, -0.05) is 6.92 Å². The number of carbonyl (C=O) groups excluding carboxylic acids is 1. The van der Waals surface area contributed by atoms with E-state index in [4.69, 9.17) is 9.47 Å². The van der Waals surface area contributed by atoms with Gasteiger partial charge in [-0.2, -0.15) is 0 Å². The molecule has 98 valence electrons. The van der Waals surface area contributed by atoms with Crippen molar-refractivity contribution in [2.75, 3.05) is 39.5 Å². The average molecular weight is 242 g/mol. The quantitative estimate of drug-likeness (QED) is 0.754. The molecule has 1 N–H and O–H groups in total. The van der Waals surface area contributed by atoms with Gasteiger partial charge in [-0.15, -0.1) is 0 Å². The number of amides is 1. The van der Waals surface area contributed by atoms with E-state index in [2.05, 4.69) is 12.2 Å². The lowest BCUT2D eigenvalue weighted by atomic mass is 10.1. The van der Waals surface area contributed by atoms with Crippen LogP contribution in [0.2, 0.25) is 0 Å². The minimum atomic E-state index is -0.393. The third-order valence-electron chi connectivity index (χ3n) is 3.31. The smallest absolute Gasteiger partial charge is 0.254 e. The van der Waals surface area contributed by atoms with Crippen molar-refractivity contribution >= 4 is 5.91 Å². The van der Waals surface area contributed by atoms with Crippen LogP contribution in [0.4, 0.5) is 0 Å². The minimum Gasteiger partial charge on any atom is -0.376 e. The van der Waals surface area contributed by atoms with E-state index in [1.165, 1.54) is 0 Å². The molecule has 1 amide bonds. The molecule has 2 atom stereocenters. The highest BCUT2D eigenvalue weighted by Gasteiger charge is 2.32. The van der Waals surface area contributed by atoms with Crippen LogP contribution in [0, 0.1) is 0 Å². The van der Waals surface area contributed by atoms with Crippen LogP contribution in [0.15, 0.2) is 0 Å². The molecule has 0 radical (unpaired) electrons. The van der Waals surface area contributed by atoms with E-state index in [1.54, 1.807) is 0 Å². The average Bonchev–Trinajstić information content (AvgIpc) is 2.90. The van der Waals surface area contributed by atoms with Crippen molar-refractivity contribution in [1.82, 2.24) is 10.2 Å². The molecule has 0 aliphatic carbocycles. The van der Waals surface area contributed by atoms with Gasteiger partial charge >= 0.3 is 0 Å². The van der Waals surface area contributed by atoms with Crippen molar-refractivity contribution in [1.29, 1.82) is 0 Å². The molecule has 5 heteroatoms. The Hall–Kier alpha value is -0.650. The van der Waals surface area contributed by atoms with E-state index in [0.29, 0.717) is 25.9 Å². The summed E-state index contributed by atoms with van der Waals surface area (Å²) in [5, 5.41) is 3.30. The highest BCUT2D eigenvalue weighted by molar-refractivity contribution is 5.81. The van der Waals surface area contributed by atoms with Gasteiger partial charge in [0.25, 0.3) is 5.91 Å². The zero-order valence-electron chi connectivity index (χ0n) is 10.5. The molecule has 5 nitrogen and oxygen atoms in total. The molecule has 2 rings (SSSR count). The molecule has 0 aromatic rings.